The van der Waals surface area contributed by atoms with Crippen molar-refractivity contribution < 1.29 is 22.7 Å². The van der Waals surface area contributed by atoms with Gasteiger partial charge in [0.05, 0.1) is 29.3 Å². The van der Waals surface area contributed by atoms with Crippen LogP contribution in [0, 0.1) is 6.92 Å². The number of carbonyl (C=O) groups is 2. The Morgan fingerprint density at radius 2 is 1.84 bits per heavy atom. The number of amides is 2. The van der Waals surface area contributed by atoms with Gasteiger partial charge in [-0.1, -0.05) is 29.8 Å². The van der Waals surface area contributed by atoms with Gasteiger partial charge in [-0.15, -0.1) is 0 Å². The Kier molecular flexibility index (Phi) is 7.52. The summed E-state index contributed by atoms with van der Waals surface area (Å²) in [5.41, 5.74) is 1.98. The minimum atomic E-state index is -3.73. The SMILES string of the molecule is Cc1ccc(N([C@@H](C)C(=O)Nc2ccccc2C(=O)NC[C@@H]2CCCO2)S(C)(=O)=O)cc1. The Labute approximate surface area is 189 Å². The lowest BCUT2D eigenvalue weighted by Gasteiger charge is -2.28. The van der Waals surface area contributed by atoms with Crippen LogP contribution in [0.2, 0.25) is 0 Å². The Balaban J connectivity index is 1.76. The summed E-state index contributed by atoms with van der Waals surface area (Å²) < 4.78 is 31.5. The molecule has 2 aromatic rings. The summed E-state index contributed by atoms with van der Waals surface area (Å²) in [6, 6.07) is 12.5. The molecule has 1 heterocycles. The zero-order chi connectivity index (χ0) is 23.3. The van der Waals surface area contributed by atoms with Gasteiger partial charge in [0.1, 0.15) is 6.04 Å². The summed E-state index contributed by atoms with van der Waals surface area (Å²) >= 11 is 0. The van der Waals surface area contributed by atoms with Crippen LogP contribution in [0.25, 0.3) is 0 Å². The second-order valence-electron chi connectivity index (χ2n) is 7.95. The van der Waals surface area contributed by atoms with E-state index in [1.54, 1.807) is 48.5 Å². The summed E-state index contributed by atoms with van der Waals surface area (Å²) in [6.07, 6.45) is 2.93. The van der Waals surface area contributed by atoms with Crippen molar-refractivity contribution in [2.45, 2.75) is 38.8 Å². The van der Waals surface area contributed by atoms with E-state index in [4.69, 9.17) is 4.74 Å². The lowest BCUT2D eigenvalue weighted by Crippen LogP contribution is -2.45. The van der Waals surface area contributed by atoms with Crippen molar-refractivity contribution in [2.24, 2.45) is 0 Å². The number of carbonyl (C=O) groups excluding carboxylic acids is 2. The highest BCUT2D eigenvalue weighted by Crippen LogP contribution is 2.23. The minimum Gasteiger partial charge on any atom is -0.376 e. The molecule has 0 aromatic heterocycles. The fourth-order valence-corrected chi connectivity index (χ4v) is 4.81. The molecule has 0 saturated carbocycles. The van der Waals surface area contributed by atoms with E-state index in [9.17, 15) is 18.0 Å². The standard InChI is InChI=1S/C23H29N3O5S/c1-16-10-12-18(13-11-16)26(32(3,29)30)17(2)22(27)25-21-9-5-4-8-20(21)23(28)24-15-19-7-6-14-31-19/h4-5,8-13,17,19H,6-7,14-15H2,1-3H3,(H,24,28)(H,25,27)/t17-,19-/m0/s1. The Bertz CT molecular complexity index is 1060. The highest BCUT2D eigenvalue weighted by Gasteiger charge is 2.30. The number of hydrogen-bond acceptors (Lipinski definition) is 5. The number of hydrogen-bond donors (Lipinski definition) is 2. The molecule has 0 aliphatic carbocycles. The maximum Gasteiger partial charge on any atom is 0.253 e. The van der Waals surface area contributed by atoms with Gasteiger partial charge in [0.2, 0.25) is 15.9 Å². The first-order valence-corrected chi connectivity index (χ1v) is 12.4. The molecule has 0 unspecified atom stereocenters. The number of rotatable bonds is 8. The number of nitrogens with zero attached hydrogens (tertiary/aromatic N) is 1. The molecule has 32 heavy (non-hydrogen) atoms. The van der Waals surface area contributed by atoms with E-state index in [-0.39, 0.29) is 12.0 Å². The Morgan fingerprint density at radius 1 is 1.16 bits per heavy atom. The third kappa shape index (κ3) is 5.86. The van der Waals surface area contributed by atoms with Gasteiger partial charge in [0, 0.05) is 13.2 Å². The van der Waals surface area contributed by atoms with Gasteiger partial charge in [0.25, 0.3) is 5.91 Å². The topological polar surface area (TPSA) is 105 Å². The molecule has 0 radical (unpaired) electrons. The van der Waals surface area contributed by atoms with E-state index in [1.165, 1.54) is 6.92 Å². The van der Waals surface area contributed by atoms with Crippen LogP contribution in [0.5, 0.6) is 0 Å². The number of para-hydroxylation sites is 1. The molecule has 2 aromatic carbocycles. The third-order valence-corrected chi connectivity index (χ3v) is 6.56. The van der Waals surface area contributed by atoms with E-state index in [1.807, 2.05) is 6.92 Å². The van der Waals surface area contributed by atoms with Gasteiger partial charge in [-0.2, -0.15) is 0 Å². The van der Waals surface area contributed by atoms with Crippen LogP contribution < -0.4 is 14.9 Å². The molecule has 2 N–H and O–H groups in total. The molecule has 8 nitrogen and oxygen atoms in total. The minimum absolute atomic E-state index is 0.00134. The van der Waals surface area contributed by atoms with E-state index < -0.39 is 22.0 Å². The number of nitrogens with one attached hydrogen (secondary N) is 2. The van der Waals surface area contributed by atoms with Crippen LogP contribution >= 0.6 is 0 Å². The smallest absolute Gasteiger partial charge is 0.253 e. The second kappa shape index (κ2) is 10.1. The quantitative estimate of drug-likeness (QED) is 0.632. The van der Waals surface area contributed by atoms with Crippen LogP contribution in [-0.4, -0.2) is 51.8 Å². The lowest BCUT2D eigenvalue weighted by atomic mass is 10.1. The molecule has 1 saturated heterocycles. The zero-order valence-corrected chi connectivity index (χ0v) is 19.3. The predicted molar refractivity (Wildman–Crippen MR) is 124 cm³/mol. The first-order chi connectivity index (χ1) is 15.2. The van der Waals surface area contributed by atoms with Crippen LogP contribution in [0.15, 0.2) is 48.5 Å². The molecule has 0 spiro atoms. The second-order valence-corrected chi connectivity index (χ2v) is 9.81. The fourth-order valence-electron chi connectivity index (χ4n) is 3.63. The monoisotopic (exact) mass is 459 g/mol. The first kappa shape index (κ1) is 23.7. The summed E-state index contributed by atoms with van der Waals surface area (Å²) in [4.78, 5) is 25.7. The maximum atomic E-state index is 13.0. The summed E-state index contributed by atoms with van der Waals surface area (Å²) in [5.74, 6) is -0.877. The lowest BCUT2D eigenvalue weighted by molar-refractivity contribution is -0.116. The van der Waals surface area contributed by atoms with Crippen molar-refractivity contribution in [3.8, 4) is 0 Å². The average Bonchev–Trinajstić information content (AvgIpc) is 3.26. The molecule has 2 atom stereocenters. The molecule has 3 rings (SSSR count). The fraction of sp³-hybridized carbons (Fsp3) is 0.391. The highest BCUT2D eigenvalue weighted by atomic mass is 32.2. The number of benzene rings is 2. The van der Waals surface area contributed by atoms with Crippen molar-refractivity contribution in [3.05, 3.63) is 59.7 Å². The highest BCUT2D eigenvalue weighted by molar-refractivity contribution is 7.92. The van der Waals surface area contributed by atoms with Gasteiger partial charge in [0.15, 0.2) is 0 Å². The number of ether oxygens (including phenoxy) is 1. The molecule has 1 fully saturated rings. The van der Waals surface area contributed by atoms with Gasteiger partial charge < -0.3 is 15.4 Å². The molecule has 0 bridgehead atoms. The molecular weight excluding hydrogens is 430 g/mol. The largest absolute Gasteiger partial charge is 0.376 e. The van der Waals surface area contributed by atoms with Crippen molar-refractivity contribution in [2.75, 3.05) is 29.0 Å². The first-order valence-electron chi connectivity index (χ1n) is 10.5. The van der Waals surface area contributed by atoms with Crippen molar-refractivity contribution in [3.63, 3.8) is 0 Å². The maximum absolute atomic E-state index is 13.0. The number of sulfonamides is 1. The number of aryl methyl sites for hydroxylation is 1. The van der Waals surface area contributed by atoms with Crippen molar-refractivity contribution in [1.82, 2.24) is 5.32 Å². The molecule has 2 amide bonds. The molecule has 1 aliphatic heterocycles. The number of anilines is 2. The molecule has 1 aliphatic rings. The summed E-state index contributed by atoms with van der Waals surface area (Å²) in [5, 5.41) is 5.56. The van der Waals surface area contributed by atoms with Gasteiger partial charge >= 0.3 is 0 Å². The summed E-state index contributed by atoms with van der Waals surface area (Å²) in [6.45, 7) is 4.50. The Hall–Kier alpha value is -2.91. The van der Waals surface area contributed by atoms with E-state index in [2.05, 4.69) is 10.6 Å². The predicted octanol–water partition coefficient (Wildman–Crippen LogP) is 2.70. The van der Waals surface area contributed by atoms with Crippen LogP contribution in [0.4, 0.5) is 11.4 Å². The van der Waals surface area contributed by atoms with E-state index >= 15 is 0 Å². The van der Waals surface area contributed by atoms with E-state index in [0.29, 0.717) is 30.1 Å². The molecule has 9 heteroatoms. The zero-order valence-electron chi connectivity index (χ0n) is 18.5. The van der Waals surface area contributed by atoms with Gasteiger partial charge in [-0.25, -0.2) is 8.42 Å². The van der Waals surface area contributed by atoms with Crippen LogP contribution in [0.3, 0.4) is 0 Å². The van der Waals surface area contributed by atoms with Crippen molar-refractivity contribution >= 4 is 33.2 Å². The van der Waals surface area contributed by atoms with Gasteiger partial charge in [-0.05, 0) is 51.0 Å². The van der Waals surface area contributed by atoms with Crippen LogP contribution in [-0.2, 0) is 19.6 Å². The Morgan fingerprint density at radius 3 is 2.47 bits per heavy atom. The van der Waals surface area contributed by atoms with Crippen molar-refractivity contribution in [1.29, 1.82) is 0 Å². The normalized spacial score (nSPS) is 16.9. The molecular formula is C23H29N3O5S. The average molecular weight is 460 g/mol. The van der Waals surface area contributed by atoms with E-state index in [0.717, 1.165) is 29.0 Å². The summed E-state index contributed by atoms with van der Waals surface area (Å²) in [7, 11) is -3.73. The molecule has 172 valence electrons. The van der Waals surface area contributed by atoms with Crippen LogP contribution in [0.1, 0.15) is 35.7 Å². The van der Waals surface area contributed by atoms with Gasteiger partial charge in [-0.3, -0.25) is 13.9 Å². The third-order valence-electron chi connectivity index (χ3n) is 5.32.